The molecule has 34 heavy (non-hydrogen) atoms. The smallest absolute Gasteiger partial charge is 0.352 e. The van der Waals surface area contributed by atoms with Crippen molar-refractivity contribution in [3.63, 3.8) is 0 Å². The van der Waals surface area contributed by atoms with Gasteiger partial charge in [-0.15, -0.1) is 0 Å². The summed E-state index contributed by atoms with van der Waals surface area (Å²) in [7, 11) is 0. The second-order valence-corrected chi connectivity index (χ2v) is 9.24. The first kappa shape index (κ1) is 23.3. The van der Waals surface area contributed by atoms with Crippen LogP contribution in [0.3, 0.4) is 0 Å². The molecular formula is C23H21N3O7S. The Hall–Kier alpha value is -3.86. The van der Waals surface area contributed by atoms with Crippen LogP contribution in [0, 0.1) is 10.1 Å². The molecule has 1 saturated heterocycles. The molecule has 2 N–H and O–H groups in total. The van der Waals surface area contributed by atoms with Gasteiger partial charge in [0, 0.05) is 10.5 Å². The van der Waals surface area contributed by atoms with E-state index < -0.39 is 44.7 Å². The molecule has 0 radical (unpaired) electrons. The zero-order valence-corrected chi connectivity index (χ0v) is 18.9. The van der Waals surface area contributed by atoms with Crippen LogP contribution in [0.15, 0.2) is 71.9 Å². The molecule has 2 amide bonds. The number of carbonyl (C=O) groups excluding carboxylic acids is 2. The van der Waals surface area contributed by atoms with Crippen LogP contribution in [0.5, 0.6) is 5.75 Å². The van der Waals surface area contributed by atoms with E-state index in [0.717, 1.165) is 16.7 Å². The monoisotopic (exact) mass is 483 g/mol. The quantitative estimate of drug-likeness (QED) is 0.330. The number of amides is 2. The van der Waals surface area contributed by atoms with Crippen LogP contribution in [0.4, 0.5) is 0 Å². The Morgan fingerprint density at radius 2 is 1.79 bits per heavy atom. The van der Waals surface area contributed by atoms with Gasteiger partial charge in [0.15, 0.2) is 6.61 Å². The van der Waals surface area contributed by atoms with E-state index >= 15 is 0 Å². The molecule has 2 aromatic carbocycles. The Labute approximate surface area is 198 Å². The molecule has 2 unspecified atom stereocenters. The number of nitro groups is 1. The molecule has 3 atom stereocenters. The Morgan fingerprint density at radius 3 is 2.38 bits per heavy atom. The number of nitrogens with zero attached hydrogens (tertiary/aromatic N) is 2. The molecule has 4 rings (SSSR count). The number of hydrogen-bond acceptors (Lipinski definition) is 7. The van der Waals surface area contributed by atoms with Crippen LogP contribution in [0.1, 0.15) is 12.5 Å². The molecule has 2 heterocycles. The zero-order valence-electron chi connectivity index (χ0n) is 18.0. The summed E-state index contributed by atoms with van der Waals surface area (Å²) in [6.45, 7) is 1.00. The number of para-hydroxylation sites is 1. The number of aliphatic carboxylic acids is 1. The van der Waals surface area contributed by atoms with Gasteiger partial charge in [-0.1, -0.05) is 48.5 Å². The summed E-state index contributed by atoms with van der Waals surface area (Å²) in [5.41, 5.74) is 0.194. The summed E-state index contributed by atoms with van der Waals surface area (Å²) in [5.74, 6) is -2.21. The molecule has 2 aromatic rings. The third-order valence-electron chi connectivity index (χ3n) is 5.75. The average molecular weight is 484 g/mol. The highest BCUT2D eigenvalue weighted by atomic mass is 32.2. The van der Waals surface area contributed by atoms with E-state index in [1.54, 1.807) is 60.7 Å². The fourth-order valence-corrected chi connectivity index (χ4v) is 5.69. The van der Waals surface area contributed by atoms with Crippen LogP contribution in [-0.4, -0.2) is 55.6 Å². The summed E-state index contributed by atoms with van der Waals surface area (Å²) in [6.07, 6.45) is -0.0789. The Kier molecular flexibility index (Phi) is 6.29. The second kappa shape index (κ2) is 9.18. The highest BCUT2D eigenvalue weighted by molar-refractivity contribution is 8.01. The summed E-state index contributed by atoms with van der Waals surface area (Å²) >= 11 is 0.858. The van der Waals surface area contributed by atoms with Crippen molar-refractivity contribution in [3.05, 3.63) is 87.6 Å². The molecule has 11 heteroatoms. The average Bonchev–Trinajstić information content (AvgIpc) is 2.83. The molecule has 0 bridgehead atoms. The summed E-state index contributed by atoms with van der Waals surface area (Å²) in [5, 5.41) is 23.8. The van der Waals surface area contributed by atoms with Gasteiger partial charge in [-0.2, -0.15) is 0 Å². The fourth-order valence-electron chi connectivity index (χ4n) is 4.04. The van der Waals surface area contributed by atoms with Crippen LogP contribution in [0.25, 0.3) is 0 Å². The van der Waals surface area contributed by atoms with Gasteiger partial charge in [0.05, 0.1) is 6.42 Å². The minimum atomic E-state index is -1.82. The SMILES string of the molecule is CC1=C(C(=O)O)N2C(=O)C(NC(=O)COc3ccccc3)[C@H]2SC1(Cc1ccccc1)[N+](=O)[O-]. The molecule has 2 aliphatic heterocycles. The van der Waals surface area contributed by atoms with Gasteiger partial charge in [-0.25, -0.2) is 4.79 Å². The van der Waals surface area contributed by atoms with E-state index in [2.05, 4.69) is 5.32 Å². The van der Waals surface area contributed by atoms with Gasteiger partial charge in [-0.05, 0) is 36.4 Å². The normalized spacial score (nSPS) is 23.6. The second-order valence-electron chi connectivity index (χ2n) is 7.85. The number of β-lactam (4-membered cyclic amide) rings is 1. The predicted octanol–water partition coefficient (Wildman–Crippen LogP) is 2.04. The number of carbonyl (C=O) groups is 3. The summed E-state index contributed by atoms with van der Waals surface area (Å²) < 4.78 is 5.39. The highest BCUT2D eigenvalue weighted by Gasteiger charge is 2.64. The van der Waals surface area contributed by atoms with Crippen LogP contribution >= 0.6 is 11.8 Å². The van der Waals surface area contributed by atoms with Crippen molar-refractivity contribution < 1.29 is 29.2 Å². The molecule has 1 fully saturated rings. The number of benzene rings is 2. The highest BCUT2D eigenvalue weighted by Crippen LogP contribution is 2.51. The summed E-state index contributed by atoms with van der Waals surface area (Å²) in [6, 6.07) is 16.2. The lowest BCUT2D eigenvalue weighted by Crippen LogP contribution is -2.73. The minimum absolute atomic E-state index is 0.0272. The van der Waals surface area contributed by atoms with Crippen molar-refractivity contribution in [1.29, 1.82) is 0 Å². The number of ether oxygens (including phenoxy) is 1. The van der Waals surface area contributed by atoms with E-state index in [-0.39, 0.29) is 18.6 Å². The lowest BCUT2D eigenvalue weighted by Gasteiger charge is -2.51. The van der Waals surface area contributed by atoms with Gasteiger partial charge in [0.1, 0.15) is 22.9 Å². The molecule has 0 aliphatic carbocycles. The van der Waals surface area contributed by atoms with Gasteiger partial charge in [0.2, 0.25) is 0 Å². The van der Waals surface area contributed by atoms with E-state index in [1.165, 1.54) is 6.92 Å². The van der Waals surface area contributed by atoms with Crippen molar-refractivity contribution in [2.24, 2.45) is 0 Å². The Balaban J connectivity index is 1.59. The van der Waals surface area contributed by atoms with Crippen LogP contribution < -0.4 is 10.1 Å². The standard InChI is InChI=1S/C23H21N3O7S/c1-14-19(22(29)30)25-20(28)18(24-17(27)13-33-16-10-6-3-7-11-16)21(25)34-23(14,26(31)32)12-15-8-4-2-5-9-15/h2-11,18,21H,12-13H2,1H3,(H,24,27)(H,29,30)/t18?,21-,23?/m1/s1. The molecule has 176 valence electrons. The van der Waals surface area contributed by atoms with E-state index in [0.29, 0.717) is 11.3 Å². The summed E-state index contributed by atoms with van der Waals surface area (Å²) in [4.78, 5) is 48.3. The number of thioether (sulfide) groups is 1. The Morgan fingerprint density at radius 1 is 1.18 bits per heavy atom. The third-order valence-corrected chi connectivity index (χ3v) is 7.47. The van der Waals surface area contributed by atoms with Crippen molar-refractivity contribution >= 4 is 29.5 Å². The minimum Gasteiger partial charge on any atom is -0.484 e. The van der Waals surface area contributed by atoms with Crippen molar-refractivity contribution in [2.45, 2.75) is 29.6 Å². The Bertz CT molecular complexity index is 1170. The topological polar surface area (TPSA) is 139 Å². The van der Waals surface area contributed by atoms with E-state index in [9.17, 15) is 29.6 Å². The van der Waals surface area contributed by atoms with Gasteiger partial charge < -0.3 is 15.2 Å². The molecule has 2 aliphatic rings. The molecular weight excluding hydrogens is 462 g/mol. The predicted molar refractivity (Wildman–Crippen MR) is 122 cm³/mol. The van der Waals surface area contributed by atoms with Crippen molar-refractivity contribution in [2.75, 3.05) is 6.61 Å². The van der Waals surface area contributed by atoms with Gasteiger partial charge in [-0.3, -0.25) is 24.6 Å². The number of rotatable bonds is 8. The van der Waals surface area contributed by atoms with Crippen molar-refractivity contribution in [3.8, 4) is 5.75 Å². The largest absolute Gasteiger partial charge is 0.484 e. The van der Waals surface area contributed by atoms with Gasteiger partial charge in [0.25, 0.3) is 16.7 Å². The molecule has 0 saturated carbocycles. The molecule has 10 nitrogen and oxygen atoms in total. The first-order chi connectivity index (χ1) is 16.2. The first-order valence-electron chi connectivity index (χ1n) is 10.4. The van der Waals surface area contributed by atoms with Crippen molar-refractivity contribution in [1.82, 2.24) is 10.2 Å². The third kappa shape index (κ3) is 4.10. The first-order valence-corrected chi connectivity index (χ1v) is 11.2. The maximum Gasteiger partial charge on any atom is 0.352 e. The maximum atomic E-state index is 12.8. The number of carboxylic acid groups (broad SMARTS) is 1. The van der Waals surface area contributed by atoms with Crippen LogP contribution in [-0.2, 0) is 20.8 Å². The molecule has 0 spiro atoms. The lowest BCUT2D eigenvalue weighted by atomic mass is 9.94. The molecule has 0 aromatic heterocycles. The fraction of sp³-hybridized carbons (Fsp3) is 0.261. The number of nitrogens with one attached hydrogen (secondary N) is 1. The lowest BCUT2D eigenvalue weighted by molar-refractivity contribution is -0.527. The van der Waals surface area contributed by atoms with Crippen LogP contribution in [0.2, 0.25) is 0 Å². The van der Waals surface area contributed by atoms with Gasteiger partial charge >= 0.3 is 5.97 Å². The zero-order chi connectivity index (χ0) is 24.5. The number of hydrogen-bond donors (Lipinski definition) is 2. The van der Waals surface area contributed by atoms with E-state index in [4.69, 9.17) is 4.74 Å². The van der Waals surface area contributed by atoms with E-state index in [1.807, 2.05) is 0 Å². The number of fused-ring (bicyclic) bond motifs is 1. The maximum absolute atomic E-state index is 12.8. The number of carboxylic acids is 1.